The zero-order chi connectivity index (χ0) is 32.4. The van der Waals surface area contributed by atoms with Crippen molar-refractivity contribution in [2.24, 2.45) is 11.7 Å². The van der Waals surface area contributed by atoms with Gasteiger partial charge in [0, 0.05) is 18.4 Å². The predicted molar refractivity (Wildman–Crippen MR) is 175 cm³/mol. The van der Waals surface area contributed by atoms with E-state index in [-0.39, 0.29) is 30.8 Å². The van der Waals surface area contributed by atoms with Crippen molar-refractivity contribution in [3.8, 4) is 17.4 Å². The van der Waals surface area contributed by atoms with E-state index in [1.807, 2.05) is 49.6 Å². The van der Waals surface area contributed by atoms with Crippen LogP contribution in [0.1, 0.15) is 58.8 Å². The lowest BCUT2D eigenvalue weighted by Gasteiger charge is -2.28. The van der Waals surface area contributed by atoms with Crippen molar-refractivity contribution in [2.75, 3.05) is 19.0 Å². The van der Waals surface area contributed by atoms with Crippen LogP contribution >= 0.6 is 11.3 Å². The number of amides is 2. The number of hydrogen-bond donors (Lipinski definition) is 3. The number of nitrogens with zero attached hydrogens (tertiary/aromatic N) is 4. The lowest BCUT2D eigenvalue weighted by atomic mass is 10.1. The molecule has 244 valence electrons. The molecule has 0 bridgehead atoms. The lowest BCUT2D eigenvalue weighted by Crippen LogP contribution is -2.55. The van der Waals surface area contributed by atoms with Gasteiger partial charge in [0.2, 0.25) is 17.7 Å². The zero-order valence-electron chi connectivity index (χ0n) is 26.4. The van der Waals surface area contributed by atoms with Crippen LogP contribution in [0.15, 0.2) is 41.8 Å². The number of esters is 1. The summed E-state index contributed by atoms with van der Waals surface area (Å²) in [7, 11) is 1.32. The SMILES string of the molecule is COC(=O)[C@@]12C[C@H]1C=CCCCCC[C@H](N)C(=O)N1C[C@H](Oc3nc(-c4cccc(NC(C)C)n4)nc4ccsc34)C[C@H]1C(=O)N2. The summed E-state index contributed by atoms with van der Waals surface area (Å²) >= 11 is 1.45. The van der Waals surface area contributed by atoms with Crippen LogP contribution in [0.2, 0.25) is 0 Å². The molecule has 4 N–H and O–H groups in total. The molecule has 3 aromatic rings. The third-order valence-corrected chi connectivity index (χ3v) is 9.69. The Kier molecular flexibility index (Phi) is 9.23. The minimum Gasteiger partial charge on any atom is -0.471 e. The van der Waals surface area contributed by atoms with Gasteiger partial charge in [-0.05, 0) is 63.1 Å². The summed E-state index contributed by atoms with van der Waals surface area (Å²) in [6, 6.07) is 6.11. The fourth-order valence-electron chi connectivity index (χ4n) is 6.33. The molecule has 12 nitrogen and oxygen atoms in total. The number of carbonyl (C=O) groups is 3. The Morgan fingerprint density at radius 3 is 2.83 bits per heavy atom. The molecule has 6 rings (SSSR count). The quantitative estimate of drug-likeness (QED) is 0.265. The van der Waals surface area contributed by atoms with E-state index in [1.54, 1.807) is 0 Å². The van der Waals surface area contributed by atoms with E-state index in [9.17, 15) is 14.4 Å². The predicted octanol–water partition coefficient (Wildman–Crippen LogP) is 3.82. The van der Waals surface area contributed by atoms with Gasteiger partial charge in [-0.1, -0.05) is 31.1 Å². The zero-order valence-corrected chi connectivity index (χ0v) is 27.2. The maximum atomic E-state index is 13.9. The van der Waals surface area contributed by atoms with Gasteiger partial charge in [0.05, 0.1) is 25.2 Å². The average molecular weight is 648 g/mol. The molecule has 1 saturated carbocycles. The average Bonchev–Trinajstić information content (AvgIpc) is 3.33. The van der Waals surface area contributed by atoms with Gasteiger partial charge in [-0.2, -0.15) is 4.98 Å². The Bertz CT molecular complexity index is 1640. The maximum absolute atomic E-state index is 13.9. The van der Waals surface area contributed by atoms with Crippen molar-refractivity contribution >= 4 is 45.2 Å². The van der Waals surface area contributed by atoms with Crippen LogP contribution in [0.5, 0.6) is 5.88 Å². The number of methoxy groups -OCH3 is 1. The van der Waals surface area contributed by atoms with Crippen LogP contribution in [0.4, 0.5) is 5.82 Å². The molecule has 2 amide bonds. The fourth-order valence-corrected chi connectivity index (χ4v) is 7.10. The highest BCUT2D eigenvalue weighted by atomic mass is 32.1. The summed E-state index contributed by atoms with van der Waals surface area (Å²) < 4.78 is 12.4. The molecule has 0 unspecified atom stereocenters. The number of aromatic nitrogens is 3. The van der Waals surface area contributed by atoms with E-state index < -0.39 is 35.6 Å². The number of thiophene rings is 1. The highest BCUT2D eigenvalue weighted by Gasteiger charge is 2.62. The number of anilines is 1. The summed E-state index contributed by atoms with van der Waals surface area (Å²) in [5, 5.41) is 8.18. The van der Waals surface area contributed by atoms with Gasteiger partial charge in [-0.15, -0.1) is 11.3 Å². The number of rotatable bonds is 6. The van der Waals surface area contributed by atoms with Crippen LogP contribution in [0.25, 0.3) is 21.7 Å². The summed E-state index contributed by atoms with van der Waals surface area (Å²) in [6.45, 7) is 4.23. The molecule has 2 fully saturated rings. The Hall–Kier alpha value is -4.10. The molecule has 13 heteroatoms. The van der Waals surface area contributed by atoms with Crippen molar-refractivity contribution in [1.82, 2.24) is 25.2 Å². The molecule has 0 spiro atoms. The van der Waals surface area contributed by atoms with E-state index in [2.05, 4.69) is 16.7 Å². The lowest BCUT2D eigenvalue weighted by molar-refractivity contribution is -0.148. The number of allylic oxidation sites excluding steroid dienone is 1. The maximum Gasteiger partial charge on any atom is 0.332 e. The van der Waals surface area contributed by atoms with Crippen molar-refractivity contribution in [1.29, 1.82) is 0 Å². The summed E-state index contributed by atoms with van der Waals surface area (Å²) in [6.07, 6.45) is 8.24. The summed E-state index contributed by atoms with van der Waals surface area (Å²) in [4.78, 5) is 56.2. The Morgan fingerprint density at radius 1 is 1.17 bits per heavy atom. The number of carbonyl (C=O) groups excluding carboxylic acids is 3. The topological polar surface area (TPSA) is 162 Å². The smallest absolute Gasteiger partial charge is 0.332 e. The fraction of sp³-hybridized carbons (Fsp3) is 0.515. The van der Waals surface area contributed by atoms with Crippen LogP contribution in [-0.4, -0.2) is 81.1 Å². The highest BCUT2D eigenvalue weighted by Crippen LogP contribution is 2.46. The number of hydrogen-bond acceptors (Lipinski definition) is 11. The number of fused-ring (bicyclic) bond motifs is 3. The number of nitrogens with one attached hydrogen (secondary N) is 2. The molecular formula is C33H41N7O5S. The number of nitrogens with two attached hydrogens (primary N) is 1. The monoisotopic (exact) mass is 647 g/mol. The molecule has 2 aliphatic heterocycles. The number of ether oxygens (including phenoxy) is 2. The number of pyridine rings is 1. The molecular weight excluding hydrogens is 606 g/mol. The molecule has 46 heavy (non-hydrogen) atoms. The van der Waals surface area contributed by atoms with Crippen LogP contribution in [0.3, 0.4) is 0 Å². The first-order chi connectivity index (χ1) is 22.2. The van der Waals surface area contributed by atoms with Gasteiger partial charge < -0.3 is 30.7 Å². The van der Waals surface area contributed by atoms with Gasteiger partial charge in [0.15, 0.2) is 5.82 Å². The molecule has 3 aliphatic rings. The first-order valence-electron chi connectivity index (χ1n) is 16.0. The highest BCUT2D eigenvalue weighted by molar-refractivity contribution is 7.17. The van der Waals surface area contributed by atoms with E-state index in [0.717, 1.165) is 30.4 Å². The molecule has 0 aromatic carbocycles. The molecule has 1 saturated heterocycles. The largest absolute Gasteiger partial charge is 0.471 e. The van der Waals surface area contributed by atoms with Gasteiger partial charge in [-0.3, -0.25) is 9.59 Å². The van der Waals surface area contributed by atoms with Crippen LogP contribution in [0, 0.1) is 5.92 Å². The molecule has 5 atom stereocenters. The third-order valence-electron chi connectivity index (χ3n) is 8.80. The second-order valence-electron chi connectivity index (χ2n) is 12.6. The Morgan fingerprint density at radius 2 is 2.02 bits per heavy atom. The van der Waals surface area contributed by atoms with E-state index in [0.29, 0.717) is 41.6 Å². The second kappa shape index (κ2) is 13.3. The third kappa shape index (κ3) is 6.57. The summed E-state index contributed by atoms with van der Waals surface area (Å²) in [5.41, 5.74) is 6.55. The van der Waals surface area contributed by atoms with Gasteiger partial charge in [0.1, 0.15) is 33.9 Å². The van der Waals surface area contributed by atoms with E-state index >= 15 is 0 Å². The molecule has 1 aliphatic carbocycles. The van der Waals surface area contributed by atoms with Crippen molar-refractivity contribution in [3.63, 3.8) is 0 Å². The normalized spacial score (nSPS) is 26.9. The first kappa shape index (κ1) is 31.9. The summed E-state index contributed by atoms with van der Waals surface area (Å²) in [5.74, 6) is 0.0990. The van der Waals surface area contributed by atoms with E-state index in [4.69, 9.17) is 30.2 Å². The van der Waals surface area contributed by atoms with Crippen LogP contribution in [-0.2, 0) is 19.1 Å². The minimum absolute atomic E-state index is 0.150. The van der Waals surface area contributed by atoms with Crippen molar-refractivity contribution < 1.29 is 23.9 Å². The van der Waals surface area contributed by atoms with Gasteiger partial charge in [-0.25, -0.2) is 14.8 Å². The van der Waals surface area contributed by atoms with Gasteiger partial charge >= 0.3 is 5.97 Å². The van der Waals surface area contributed by atoms with Gasteiger partial charge in [0.25, 0.3) is 0 Å². The second-order valence-corrected chi connectivity index (χ2v) is 13.5. The Balaban J connectivity index is 1.29. The van der Waals surface area contributed by atoms with Crippen LogP contribution < -0.4 is 21.1 Å². The Labute approximate surface area is 272 Å². The first-order valence-corrected chi connectivity index (χ1v) is 16.9. The standard InChI is InChI=1S/C33H41N7O5S/c1-19(2)35-26-13-9-12-24(36-26)28-37-23-14-15-46-27(23)30(38-28)45-21-16-25-29(41)39-33(32(43)44-3)17-20(33)10-7-5-4-6-8-11-22(34)31(42)40(25)18-21/h7,9-10,12-15,19-22,25H,4-6,8,11,16-18,34H2,1-3H3,(H,35,36)(H,39,41)/t20-,21-,22+,25+,33-/m1/s1. The van der Waals surface area contributed by atoms with Crippen molar-refractivity contribution in [3.05, 3.63) is 41.8 Å². The molecule has 0 radical (unpaired) electrons. The van der Waals surface area contributed by atoms with Crippen molar-refractivity contribution in [2.45, 2.75) is 88.6 Å². The van der Waals surface area contributed by atoms with E-state index in [1.165, 1.54) is 23.3 Å². The minimum atomic E-state index is -1.14. The molecule has 5 heterocycles. The molecule has 3 aromatic heterocycles.